The number of ether oxygens (including phenoxy) is 3. The van der Waals surface area contributed by atoms with Gasteiger partial charge in [0.05, 0.1) is 0 Å². The lowest BCUT2D eigenvalue weighted by molar-refractivity contribution is -0.166. The summed E-state index contributed by atoms with van der Waals surface area (Å²) in [5.74, 6) is -0.998. The van der Waals surface area contributed by atoms with Gasteiger partial charge in [0.1, 0.15) is 13.2 Å². The van der Waals surface area contributed by atoms with Crippen molar-refractivity contribution in [2.45, 2.75) is 245 Å². The molecule has 63 heavy (non-hydrogen) atoms. The molecule has 6 heteroatoms. The molecule has 0 rings (SSSR count). The molecule has 0 radical (unpaired) electrons. The zero-order valence-corrected chi connectivity index (χ0v) is 41.1. The molecule has 0 aliphatic carbocycles. The second-order valence-corrected chi connectivity index (χ2v) is 17.1. The minimum atomic E-state index is -0.806. The highest BCUT2D eigenvalue weighted by molar-refractivity contribution is 5.71. The molecule has 0 amide bonds. The maximum absolute atomic E-state index is 12.8. The number of allylic oxidation sites excluding steroid dienone is 14. The van der Waals surface area contributed by atoms with E-state index in [1.807, 2.05) is 6.08 Å². The van der Waals surface area contributed by atoms with Crippen LogP contribution in [0.5, 0.6) is 0 Å². The highest BCUT2D eigenvalue weighted by Crippen LogP contribution is 2.14. The molecule has 0 fully saturated rings. The Morgan fingerprint density at radius 3 is 1.06 bits per heavy atom. The van der Waals surface area contributed by atoms with Gasteiger partial charge in [0.15, 0.2) is 6.10 Å². The molecule has 6 nitrogen and oxygen atoms in total. The van der Waals surface area contributed by atoms with Crippen LogP contribution in [0.15, 0.2) is 85.1 Å². The molecule has 1 unspecified atom stereocenters. The van der Waals surface area contributed by atoms with Crippen LogP contribution in [0, 0.1) is 0 Å². The van der Waals surface area contributed by atoms with Gasteiger partial charge in [-0.25, -0.2) is 0 Å². The Kier molecular flexibility index (Phi) is 48.5. The zero-order chi connectivity index (χ0) is 45.8. The van der Waals surface area contributed by atoms with Gasteiger partial charge in [-0.15, -0.1) is 0 Å². The first kappa shape index (κ1) is 59.6. The van der Waals surface area contributed by atoms with Crippen LogP contribution in [0.4, 0.5) is 0 Å². The van der Waals surface area contributed by atoms with Gasteiger partial charge in [0.2, 0.25) is 0 Å². The molecule has 0 N–H and O–H groups in total. The maximum atomic E-state index is 12.8. The fraction of sp³-hybridized carbons (Fsp3) is 0.702. The molecular weight excluding hydrogens is 781 g/mol. The van der Waals surface area contributed by atoms with Crippen LogP contribution >= 0.6 is 0 Å². The van der Waals surface area contributed by atoms with E-state index < -0.39 is 6.10 Å². The number of hydrogen-bond acceptors (Lipinski definition) is 6. The van der Waals surface area contributed by atoms with Crippen molar-refractivity contribution in [3.63, 3.8) is 0 Å². The molecule has 360 valence electrons. The van der Waals surface area contributed by atoms with Gasteiger partial charge in [0.25, 0.3) is 0 Å². The van der Waals surface area contributed by atoms with Crippen molar-refractivity contribution >= 4 is 17.9 Å². The highest BCUT2D eigenvalue weighted by atomic mass is 16.6. The summed E-state index contributed by atoms with van der Waals surface area (Å²) in [4.78, 5) is 37.8. The lowest BCUT2D eigenvalue weighted by Gasteiger charge is -2.18. The van der Waals surface area contributed by atoms with E-state index in [9.17, 15) is 14.4 Å². The quantitative estimate of drug-likeness (QED) is 0.0262. The van der Waals surface area contributed by atoms with E-state index in [-0.39, 0.29) is 37.5 Å². The molecule has 1 atom stereocenters. The summed E-state index contributed by atoms with van der Waals surface area (Å²) >= 11 is 0. The van der Waals surface area contributed by atoms with E-state index in [0.29, 0.717) is 19.3 Å². The summed E-state index contributed by atoms with van der Waals surface area (Å²) in [5.41, 5.74) is 0. The molecular formula is C57H96O6. The number of carbonyl (C=O) groups excluding carboxylic acids is 3. The first-order valence-electron chi connectivity index (χ1n) is 26.1. The monoisotopic (exact) mass is 877 g/mol. The number of esters is 3. The summed E-state index contributed by atoms with van der Waals surface area (Å²) in [5, 5.41) is 0. The molecule has 0 aliphatic rings. The van der Waals surface area contributed by atoms with E-state index in [1.54, 1.807) is 0 Å². The summed E-state index contributed by atoms with van der Waals surface area (Å²) in [7, 11) is 0. The lowest BCUT2D eigenvalue weighted by atomic mass is 10.1. The predicted molar refractivity (Wildman–Crippen MR) is 270 cm³/mol. The van der Waals surface area contributed by atoms with Crippen LogP contribution in [0.2, 0.25) is 0 Å². The summed E-state index contributed by atoms with van der Waals surface area (Å²) in [6.07, 6.45) is 65.9. The second-order valence-electron chi connectivity index (χ2n) is 17.1. The third-order valence-electron chi connectivity index (χ3n) is 10.9. The van der Waals surface area contributed by atoms with Crippen molar-refractivity contribution < 1.29 is 28.6 Å². The molecule has 0 aromatic rings. The summed E-state index contributed by atoms with van der Waals surface area (Å²) in [6, 6.07) is 0. The number of rotatable bonds is 46. The standard InChI is InChI=1S/C57H96O6/c1-4-7-10-13-16-19-21-23-25-27-29-31-32-34-36-38-41-44-47-50-56(59)62-53-54(52-61-55(58)49-46-43-40-18-15-12-9-6-3)63-57(60)51-48-45-42-39-37-35-33-30-28-26-24-22-20-17-14-11-8-5-2/h7,10,16,19,23,25-26,28-29,31,34,36,41,44,54H,4-6,8-9,11-15,17-18,20-22,24,27,30,32-33,35,37-40,42-43,45-53H2,1-3H3/b10-7-,19-16-,25-23-,28-26-,31-29-,36-34-,44-41-. The van der Waals surface area contributed by atoms with Crippen molar-refractivity contribution in [2.75, 3.05) is 13.2 Å². The number of hydrogen-bond donors (Lipinski definition) is 0. The Labute approximate surface area is 388 Å². The van der Waals surface area contributed by atoms with Gasteiger partial charge in [0, 0.05) is 19.3 Å². The maximum Gasteiger partial charge on any atom is 0.306 e. The molecule has 0 bridgehead atoms. The average Bonchev–Trinajstić information content (AvgIpc) is 3.28. The van der Waals surface area contributed by atoms with Crippen LogP contribution in [-0.4, -0.2) is 37.2 Å². The normalized spacial score (nSPS) is 12.7. The predicted octanol–water partition coefficient (Wildman–Crippen LogP) is 17.2. The van der Waals surface area contributed by atoms with Crippen LogP contribution in [-0.2, 0) is 28.6 Å². The van der Waals surface area contributed by atoms with E-state index in [1.165, 1.54) is 116 Å². The van der Waals surface area contributed by atoms with E-state index in [0.717, 1.165) is 77.0 Å². The van der Waals surface area contributed by atoms with Crippen molar-refractivity contribution in [2.24, 2.45) is 0 Å². The Balaban J connectivity index is 4.41. The van der Waals surface area contributed by atoms with Gasteiger partial charge in [-0.3, -0.25) is 14.4 Å². The van der Waals surface area contributed by atoms with Crippen LogP contribution in [0.25, 0.3) is 0 Å². The SMILES string of the molecule is CC/C=C\C/C=C\C/C=C\C/C=C\C/C=C\C/C=C\CCC(=O)OCC(COC(=O)CCCCCCCCCC)OC(=O)CCCCCCCCC/C=C\CCCCCCCCC. The lowest BCUT2D eigenvalue weighted by Crippen LogP contribution is -2.30. The molecule has 0 heterocycles. The van der Waals surface area contributed by atoms with Gasteiger partial charge < -0.3 is 14.2 Å². The minimum Gasteiger partial charge on any atom is -0.462 e. The Hall–Kier alpha value is -3.41. The fourth-order valence-corrected chi connectivity index (χ4v) is 6.99. The third-order valence-corrected chi connectivity index (χ3v) is 10.9. The van der Waals surface area contributed by atoms with Crippen molar-refractivity contribution in [3.05, 3.63) is 85.1 Å². The zero-order valence-electron chi connectivity index (χ0n) is 41.1. The van der Waals surface area contributed by atoms with Gasteiger partial charge in [-0.05, 0) is 83.5 Å². The largest absolute Gasteiger partial charge is 0.462 e. The highest BCUT2D eigenvalue weighted by Gasteiger charge is 2.19. The summed E-state index contributed by atoms with van der Waals surface area (Å²) in [6.45, 7) is 6.42. The van der Waals surface area contributed by atoms with E-state index >= 15 is 0 Å². The molecule has 0 saturated carbocycles. The third kappa shape index (κ3) is 49.5. The first-order chi connectivity index (χ1) is 31.0. The van der Waals surface area contributed by atoms with Crippen molar-refractivity contribution in [1.82, 2.24) is 0 Å². The first-order valence-corrected chi connectivity index (χ1v) is 26.1. The fourth-order valence-electron chi connectivity index (χ4n) is 6.99. The Morgan fingerprint density at radius 1 is 0.333 bits per heavy atom. The average molecular weight is 877 g/mol. The molecule has 0 aromatic heterocycles. The number of carbonyl (C=O) groups is 3. The molecule has 0 aliphatic heterocycles. The van der Waals surface area contributed by atoms with Crippen LogP contribution in [0.3, 0.4) is 0 Å². The van der Waals surface area contributed by atoms with Crippen LogP contribution in [0.1, 0.15) is 239 Å². The second kappa shape index (κ2) is 51.2. The van der Waals surface area contributed by atoms with Crippen molar-refractivity contribution in [3.8, 4) is 0 Å². The Bertz CT molecular complexity index is 1240. The topological polar surface area (TPSA) is 78.9 Å². The summed E-state index contributed by atoms with van der Waals surface area (Å²) < 4.78 is 16.7. The molecule has 0 saturated heterocycles. The van der Waals surface area contributed by atoms with Crippen LogP contribution < -0.4 is 0 Å². The van der Waals surface area contributed by atoms with Gasteiger partial charge in [-0.2, -0.15) is 0 Å². The smallest absolute Gasteiger partial charge is 0.306 e. The van der Waals surface area contributed by atoms with E-state index in [4.69, 9.17) is 14.2 Å². The molecule has 0 spiro atoms. The Morgan fingerprint density at radius 2 is 0.651 bits per heavy atom. The van der Waals surface area contributed by atoms with Gasteiger partial charge in [-0.1, -0.05) is 221 Å². The number of unbranched alkanes of at least 4 members (excludes halogenated alkanes) is 21. The van der Waals surface area contributed by atoms with E-state index in [2.05, 4.69) is 99.8 Å². The minimum absolute atomic E-state index is 0.101. The van der Waals surface area contributed by atoms with Gasteiger partial charge >= 0.3 is 17.9 Å². The van der Waals surface area contributed by atoms with Crippen molar-refractivity contribution in [1.29, 1.82) is 0 Å². The molecule has 0 aromatic carbocycles.